The van der Waals surface area contributed by atoms with Gasteiger partial charge in [-0.2, -0.15) is 0 Å². The predicted octanol–water partition coefficient (Wildman–Crippen LogP) is 1.73. The van der Waals surface area contributed by atoms with Gasteiger partial charge in [-0.25, -0.2) is 0 Å². The summed E-state index contributed by atoms with van der Waals surface area (Å²) in [6, 6.07) is 3.67. The summed E-state index contributed by atoms with van der Waals surface area (Å²) in [6.45, 7) is 3.57. The molecule has 2 aromatic rings. The van der Waals surface area contributed by atoms with Crippen molar-refractivity contribution in [1.82, 2.24) is 15.2 Å². The zero-order chi connectivity index (χ0) is 12.3. The number of hydrogen-bond donors (Lipinski definition) is 1. The van der Waals surface area contributed by atoms with Crippen LogP contribution < -0.4 is 5.32 Å². The molecular weight excluding hydrogens is 220 g/mol. The van der Waals surface area contributed by atoms with E-state index in [1.807, 2.05) is 0 Å². The number of nitrogens with one attached hydrogen (secondary N) is 1. The van der Waals surface area contributed by atoms with Gasteiger partial charge in [0.2, 0.25) is 5.91 Å². The van der Waals surface area contributed by atoms with E-state index in [1.54, 1.807) is 38.4 Å². The van der Waals surface area contributed by atoms with Crippen molar-refractivity contribution in [3.63, 3.8) is 0 Å². The van der Waals surface area contributed by atoms with Crippen LogP contribution in [0, 0.1) is 5.92 Å². The number of anilines is 1. The second kappa shape index (κ2) is 4.73. The molecule has 1 N–H and O–H groups in total. The van der Waals surface area contributed by atoms with Crippen molar-refractivity contribution < 1.29 is 9.21 Å². The summed E-state index contributed by atoms with van der Waals surface area (Å²) in [4.78, 5) is 15.4. The van der Waals surface area contributed by atoms with Crippen molar-refractivity contribution in [2.24, 2.45) is 5.92 Å². The summed E-state index contributed by atoms with van der Waals surface area (Å²) < 4.78 is 5.30. The lowest BCUT2D eigenvalue weighted by Gasteiger charge is -2.01. The molecule has 0 bridgehead atoms. The highest BCUT2D eigenvalue weighted by atomic mass is 16.4. The van der Waals surface area contributed by atoms with Gasteiger partial charge in [-0.1, -0.05) is 18.9 Å². The molecule has 0 aliphatic heterocycles. The second-order valence-corrected chi connectivity index (χ2v) is 3.80. The Labute approximate surface area is 98.1 Å². The Morgan fingerprint density at radius 1 is 1.41 bits per heavy atom. The number of amides is 1. The number of carbonyl (C=O) groups excluding carboxylic acids is 1. The van der Waals surface area contributed by atoms with E-state index in [9.17, 15) is 4.79 Å². The Balaban J connectivity index is 2.14. The number of aromatic nitrogens is 3. The molecular formula is C11H12N4O2. The van der Waals surface area contributed by atoms with Crippen LogP contribution in [0.5, 0.6) is 0 Å². The Morgan fingerprint density at radius 3 is 2.88 bits per heavy atom. The van der Waals surface area contributed by atoms with Crippen LogP contribution in [-0.4, -0.2) is 21.1 Å². The molecule has 88 valence electrons. The average molecular weight is 232 g/mol. The predicted molar refractivity (Wildman–Crippen MR) is 61.0 cm³/mol. The summed E-state index contributed by atoms with van der Waals surface area (Å²) in [6.07, 6.45) is 3.27. The van der Waals surface area contributed by atoms with E-state index in [4.69, 9.17) is 4.42 Å². The highest BCUT2D eigenvalue weighted by Gasteiger charge is 2.13. The van der Waals surface area contributed by atoms with Crippen LogP contribution in [0.2, 0.25) is 0 Å². The molecule has 6 nitrogen and oxygen atoms in total. The first-order chi connectivity index (χ1) is 8.16. The van der Waals surface area contributed by atoms with Gasteiger partial charge < -0.3 is 4.42 Å². The van der Waals surface area contributed by atoms with Crippen molar-refractivity contribution in [2.45, 2.75) is 13.8 Å². The molecule has 0 atom stereocenters. The molecule has 1 amide bonds. The maximum atomic E-state index is 11.4. The molecule has 6 heteroatoms. The van der Waals surface area contributed by atoms with Crippen LogP contribution in [0.25, 0.3) is 11.5 Å². The van der Waals surface area contributed by atoms with E-state index in [2.05, 4.69) is 20.5 Å². The van der Waals surface area contributed by atoms with E-state index in [0.717, 1.165) is 0 Å². The fourth-order valence-corrected chi connectivity index (χ4v) is 1.13. The third kappa shape index (κ3) is 2.66. The maximum absolute atomic E-state index is 11.4. The standard InChI is InChI=1S/C11H12N4O2/c1-7(2)9(16)13-11-15-14-10(17-11)8-4-3-5-12-6-8/h3-7H,1-2H3,(H,13,15,16). The minimum atomic E-state index is -0.161. The minimum Gasteiger partial charge on any atom is -0.403 e. The second-order valence-electron chi connectivity index (χ2n) is 3.80. The van der Waals surface area contributed by atoms with Crippen molar-refractivity contribution in [3.8, 4) is 11.5 Å². The number of rotatable bonds is 3. The minimum absolute atomic E-state index is 0.0996. The van der Waals surface area contributed by atoms with Gasteiger partial charge in [0, 0.05) is 18.3 Å². The van der Waals surface area contributed by atoms with Crippen molar-refractivity contribution in [2.75, 3.05) is 5.32 Å². The fourth-order valence-electron chi connectivity index (χ4n) is 1.13. The van der Waals surface area contributed by atoms with Gasteiger partial charge in [0.15, 0.2) is 0 Å². The first-order valence-corrected chi connectivity index (χ1v) is 5.21. The number of carbonyl (C=O) groups is 1. The molecule has 0 saturated heterocycles. The van der Waals surface area contributed by atoms with Crippen LogP contribution in [0.4, 0.5) is 6.01 Å². The van der Waals surface area contributed by atoms with Crippen LogP contribution in [-0.2, 0) is 4.79 Å². The van der Waals surface area contributed by atoms with Gasteiger partial charge in [-0.05, 0) is 12.1 Å². The summed E-state index contributed by atoms with van der Waals surface area (Å²) >= 11 is 0. The molecule has 0 radical (unpaired) electrons. The summed E-state index contributed by atoms with van der Waals surface area (Å²) in [7, 11) is 0. The van der Waals surface area contributed by atoms with Gasteiger partial charge >= 0.3 is 6.01 Å². The largest absolute Gasteiger partial charge is 0.403 e. The van der Waals surface area contributed by atoms with Gasteiger partial charge in [0.25, 0.3) is 5.89 Å². The quantitative estimate of drug-likeness (QED) is 0.871. The average Bonchev–Trinajstić information content (AvgIpc) is 2.78. The highest BCUT2D eigenvalue weighted by molar-refractivity contribution is 5.90. The fraction of sp³-hybridized carbons (Fsp3) is 0.273. The molecule has 0 unspecified atom stereocenters. The summed E-state index contributed by atoms with van der Waals surface area (Å²) in [5.74, 6) is 0.0345. The van der Waals surface area contributed by atoms with E-state index in [1.165, 1.54) is 0 Å². The van der Waals surface area contributed by atoms with Gasteiger partial charge in [0.05, 0.1) is 5.56 Å². The Morgan fingerprint density at radius 2 is 2.24 bits per heavy atom. The Bertz CT molecular complexity index is 507. The lowest BCUT2D eigenvalue weighted by molar-refractivity contribution is -0.119. The Kier molecular flexibility index (Phi) is 3.13. The van der Waals surface area contributed by atoms with Crippen LogP contribution in [0.3, 0.4) is 0 Å². The zero-order valence-corrected chi connectivity index (χ0v) is 9.54. The first kappa shape index (κ1) is 11.3. The third-order valence-electron chi connectivity index (χ3n) is 2.09. The molecule has 17 heavy (non-hydrogen) atoms. The van der Waals surface area contributed by atoms with Crippen molar-refractivity contribution in [1.29, 1.82) is 0 Å². The monoisotopic (exact) mass is 232 g/mol. The molecule has 0 fully saturated rings. The van der Waals surface area contributed by atoms with E-state index in [-0.39, 0.29) is 17.8 Å². The highest BCUT2D eigenvalue weighted by Crippen LogP contribution is 2.18. The van der Waals surface area contributed by atoms with E-state index >= 15 is 0 Å². The van der Waals surface area contributed by atoms with Gasteiger partial charge in [0.1, 0.15) is 0 Å². The first-order valence-electron chi connectivity index (χ1n) is 5.21. The topological polar surface area (TPSA) is 80.9 Å². The van der Waals surface area contributed by atoms with Crippen molar-refractivity contribution >= 4 is 11.9 Å². The Hall–Kier alpha value is -2.24. The third-order valence-corrected chi connectivity index (χ3v) is 2.09. The van der Waals surface area contributed by atoms with E-state index in [0.29, 0.717) is 11.5 Å². The number of hydrogen-bond acceptors (Lipinski definition) is 5. The van der Waals surface area contributed by atoms with E-state index < -0.39 is 0 Å². The summed E-state index contributed by atoms with van der Waals surface area (Å²) in [5.41, 5.74) is 0.713. The zero-order valence-electron chi connectivity index (χ0n) is 9.54. The normalized spacial score (nSPS) is 10.5. The lowest BCUT2D eigenvalue weighted by Crippen LogP contribution is -2.17. The van der Waals surface area contributed by atoms with Crippen LogP contribution in [0.1, 0.15) is 13.8 Å². The molecule has 0 saturated carbocycles. The van der Waals surface area contributed by atoms with Crippen molar-refractivity contribution in [3.05, 3.63) is 24.5 Å². The molecule has 0 aromatic carbocycles. The molecule has 2 heterocycles. The molecule has 0 aliphatic carbocycles. The van der Waals surface area contributed by atoms with Gasteiger partial charge in [-0.3, -0.25) is 15.1 Å². The maximum Gasteiger partial charge on any atom is 0.322 e. The number of pyridine rings is 1. The summed E-state index contributed by atoms with van der Waals surface area (Å²) in [5, 5.41) is 10.1. The van der Waals surface area contributed by atoms with Gasteiger partial charge in [-0.15, -0.1) is 5.10 Å². The molecule has 2 rings (SSSR count). The molecule has 0 aliphatic rings. The van der Waals surface area contributed by atoms with Crippen LogP contribution >= 0.6 is 0 Å². The SMILES string of the molecule is CC(C)C(=O)Nc1nnc(-c2cccnc2)o1. The lowest BCUT2D eigenvalue weighted by atomic mass is 10.2. The van der Waals surface area contributed by atoms with Crippen LogP contribution in [0.15, 0.2) is 28.9 Å². The number of nitrogens with zero attached hydrogens (tertiary/aromatic N) is 3. The molecule has 2 aromatic heterocycles. The smallest absolute Gasteiger partial charge is 0.322 e. The molecule has 0 spiro atoms.